The Labute approximate surface area is 131 Å². The number of benzene rings is 2. The highest BCUT2D eigenvalue weighted by atomic mass is 35.5. The van der Waals surface area contributed by atoms with Crippen molar-refractivity contribution in [3.05, 3.63) is 70.3 Å². The highest BCUT2D eigenvalue weighted by Crippen LogP contribution is 2.24. The number of nitro groups is 1. The summed E-state index contributed by atoms with van der Waals surface area (Å²) in [5.74, 6) is 0. The molecule has 21 heavy (non-hydrogen) atoms. The van der Waals surface area contributed by atoms with Crippen molar-refractivity contribution in [2.75, 3.05) is 5.43 Å². The van der Waals surface area contributed by atoms with Crippen molar-refractivity contribution < 1.29 is 4.92 Å². The van der Waals surface area contributed by atoms with Crippen molar-refractivity contribution in [1.82, 2.24) is 0 Å². The van der Waals surface area contributed by atoms with Crippen LogP contribution in [0.4, 0.5) is 11.4 Å². The standard InChI is InChI=1S/C14H11Cl2N3O2/c15-13(10-4-2-1-3-5-10)14(16)18-17-11-6-8-12(9-7-11)19(20)21/h1-9,13,17H/b18-14-. The van der Waals surface area contributed by atoms with Crippen molar-refractivity contribution in [3.8, 4) is 0 Å². The molecule has 0 bridgehead atoms. The molecule has 1 atom stereocenters. The molecule has 0 aliphatic heterocycles. The van der Waals surface area contributed by atoms with Crippen molar-refractivity contribution >= 4 is 39.7 Å². The number of alkyl halides is 1. The second-order valence-corrected chi connectivity index (χ2v) is 4.95. The van der Waals surface area contributed by atoms with E-state index in [-0.39, 0.29) is 10.9 Å². The fourth-order valence-corrected chi connectivity index (χ4v) is 1.95. The molecule has 108 valence electrons. The third-order valence-electron chi connectivity index (χ3n) is 2.67. The normalized spacial score (nSPS) is 12.8. The van der Waals surface area contributed by atoms with Crippen LogP contribution in [0.5, 0.6) is 0 Å². The van der Waals surface area contributed by atoms with E-state index in [4.69, 9.17) is 23.2 Å². The molecule has 0 heterocycles. The number of nitro benzene ring substituents is 1. The smallest absolute Gasteiger partial charge is 0.269 e. The van der Waals surface area contributed by atoms with Crippen molar-refractivity contribution in [2.45, 2.75) is 5.38 Å². The van der Waals surface area contributed by atoms with Crippen molar-refractivity contribution in [2.24, 2.45) is 5.10 Å². The van der Waals surface area contributed by atoms with Gasteiger partial charge in [0.15, 0.2) is 0 Å². The van der Waals surface area contributed by atoms with E-state index in [0.29, 0.717) is 5.69 Å². The van der Waals surface area contributed by atoms with E-state index in [1.807, 2.05) is 30.3 Å². The molecule has 1 unspecified atom stereocenters. The Balaban J connectivity index is 2.04. The molecule has 0 aliphatic carbocycles. The summed E-state index contributed by atoms with van der Waals surface area (Å²) in [5.41, 5.74) is 4.13. The van der Waals surface area contributed by atoms with E-state index >= 15 is 0 Å². The molecule has 0 aliphatic rings. The van der Waals surface area contributed by atoms with Crippen molar-refractivity contribution in [3.63, 3.8) is 0 Å². The zero-order valence-electron chi connectivity index (χ0n) is 10.7. The summed E-state index contributed by atoms with van der Waals surface area (Å²) in [7, 11) is 0. The number of rotatable bonds is 5. The molecular weight excluding hydrogens is 313 g/mol. The molecule has 1 N–H and O–H groups in total. The Bertz CT molecular complexity index is 645. The Morgan fingerprint density at radius 3 is 2.33 bits per heavy atom. The molecule has 0 spiro atoms. The second-order valence-electron chi connectivity index (χ2n) is 4.12. The summed E-state index contributed by atoms with van der Waals surface area (Å²) in [6, 6.07) is 15.1. The predicted molar refractivity (Wildman–Crippen MR) is 85.0 cm³/mol. The lowest BCUT2D eigenvalue weighted by atomic mass is 10.2. The number of anilines is 1. The number of hydrazone groups is 1. The first-order valence-electron chi connectivity index (χ1n) is 6.00. The first kappa shape index (κ1) is 15.3. The Hall–Kier alpha value is -2.11. The van der Waals surface area contributed by atoms with E-state index in [2.05, 4.69) is 10.5 Å². The average Bonchev–Trinajstić information content (AvgIpc) is 2.53. The van der Waals surface area contributed by atoms with Gasteiger partial charge in [-0.3, -0.25) is 15.5 Å². The van der Waals surface area contributed by atoms with E-state index in [1.54, 1.807) is 0 Å². The zero-order chi connectivity index (χ0) is 15.2. The number of non-ortho nitro benzene ring substituents is 1. The Morgan fingerprint density at radius 2 is 1.76 bits per heavy atom. The first-order chi connectivity index (χ1) is 10.1. The maximum absolute atomic E-state index is 10.5. The summed E-state index contributed by atoms with van der Waals surface area (Å²) >= 11 is 12.2. The molecule has 5 nitrogen and oxygen atoms in total. The van der Waals surface area contributed by atoms with Gasteiger partial charge in [-0.15, -0.1) is 11.6 Å². The van der Waals surface area contributed by atoms with Gasteiger partial charge in [0.05, 0.1) is 10.6 Å². The summed E-state index contributed by atoms with van der Waals surface area (Å²) in [6.07, 6.45) is 0. The van der Waals surface area contributed by atoms with Gasteiger partial charge in [0.25, 0.3) is 5.69 Å². The molecule has 7 heteroatoms. The topological polar surface area (TPSA) is 67.5 Å². The highest BCUT2D eigenvalue weighted by molar-refractivity contribution is 6.70. The monoisotopic (exact) mass is 323 g/mol. The van der Waals surface area contributed by atoms with E-state index in [1.165, 1.54) is 24.3 Å². The summed E-state index contributed by atoms with van der Waals surface area (Å²) in [4.78, 5) is 10.1. The number of nitrogens with one attached hydrogen (secondary N) is 1. The fourth-order valence-electron chi connectivity index (χ4n) is 1.59. The van der Waals surface area contributed by atoms with E-state index in [0.717, 1.165) is 5.56 Å². The van der Waals surface area contributed by atoms with Crippen LogP contribution in [0.3, 0.4) is 0 Å². The lowest BCUT2D eigenvalue weighted by Gasteiger charge is -2.08. The number of hydrogen-bond acceptors (Lipinski definition) is 4. The number of nitrogens with zero attached hydrogens (tertiary/aromatic N) is 2. The van der Waals surface area contributed by atoms with Crippen LogP contribution in [0.15, 0.2) is 59.7 Å². The first-order valence-corrected chi connectivity index (χ1v) is 6.82. The van der Waals surface area contributed by atoms with Crippen molar-refractivity contribution in [1.29, 1.82) is 0 Å². The summed E-state index contributed by atoms with van der Waals surface area (Å²) in [6.45, 7) is 0. The minimum Gasteiger partial charge on any atom is -0.277 e. The van der Waals surface area contributed by atoms with Crippen LogP contribution >= 0.6 is 23.2 Å². The maximum atomic E-state index is 10.5. The summed E-state index contributed by atoms with van der Waals surface area (Å²) in [5, 5.41) is 14.1. The van der Waals surface area contributed by atoms with Crippen LogP contribution in [-0.2, 0) is 0 Å². The quantitative estimate of drug-likeness (QED) is 0.380. The van der Waals surface area contributed by atoms with Gasteiger partial charge in [-0.2, -0.15) is 5.10 Å². The minimum absolute atomic E-state index is 0.00938. The molecular formula is C14H11Cl2N3O2. The third-order valence-corrected chi connectivity index (χ3v) is 3.54. The zero-order valence-corrected chi connectivity index (χ0v) is 12.3. The molecule has 2 aromatic rings. The Kier molecular flexibility index (Phi) is 5.14. The molecule has 0 saturated heterocycles. The Morgan fingerprint density at radius 1 is 1.14 bits per heavy atom. The predicted octanol–water partition coefficient (Wildman–Crippen LogP) is 4.54. The molecule has 0 radical (unpaired) electrons. The molecule has 0 aromatic heterocycles. The lowest BCUT2D eigenvalue weighted by molar-refractivity contribution is -0.384. The van der Waals surface area contributed by atoms with Crippen LogP contribution in [0.1, 0.15) is 10.9 Å². The molecule has 0 fully saturated rings. The van der Waals surface area contributed by atoms with Gasteiger partial charge in [-0.1, -0.05) is 41.9 Å². The fraction of sp³-hybridized carbons (Fsp3) is 0.0714. The van der Waals surface area contributed by atoms with Gasteiger partial charge < -0.3 is 0 Å². The molecule has 0 amide bonds. The van der Waals surface area contributed by atoms with Crippen LogP contribution in [-0.4, -0.2) is 10.1 Å². The lowest BCUT2D eigenvalue weighted by Crippen LogP contribution is -2.03. The van der Waals surface area contributed by atoms with Gasteiger partial charge >= 0.3 is 0 Å². The van der Waals surface area contributed by atoms with Gasteiger partial charge in [0.2, 0.25) is 0 Å². The van der Waals surface area contributed by atoms with Gasteiger partial charge in [0.1, 0.15) is 10.5 Å². The van der Waals surface area contributed by atoms with Crippen LogP contribution in [0, 0.1) is 10.1 Å². The maximum Gasteiger partial charge on any atom is 0.269 e. The minimum atomic E-state index is -0.557. The van der Waals surface area contributed by atoms with Crippen LogP contribution in [0.2, 0.25) is 0 Å². The largest absolute Gasteiger partial charge is 0.277 e. The average molecular weight is 324 g/mol. The number of hydrogen-bond donors (Lipinski definition) is 1. The highest BCUT2D eigenvalue weighted by Gasteiger charge is 2.13. The molecule has 0 saturated carbocycles. The molecule has 2 aromatic carbocycles. The van der Waals surface area contributed by atoms with Crippen LogP contribution < -0.4 is 5.43 Å². The number of halogens is 2. The van der Waals surface area contributed by atoms with Crippen LogP contribution in [0.25, 0.3) is 0 Å². The van der Waals surface area contributed by atoms with E-state index in [9.17, 15) is 10.1 Å². The SMILES string of the molecule is O=[N+]([O-])c1ccc(N/N=C(\Cl)C(Cl)c2ccccc2)cc1. The third kappa shape index (κ3) is 4.18. The second kappa shape index (κ2) is 7.06. The van der Waals surface area contributed by atoms with Gasteiger partial charge in [-0.25, -0.2) is 0 Å². The van der Waals surface area contributed by atoms with E-state index < -0.39 is 10.3 Å². The summed E-state index contributed by atoms with van der Waals surface area (Å²) < 4.78 is 0. The molecule has 2 rings (SSSR count). The van der Waals surface area contributed by atoms with Gasteiger partial charge in [0, 0.05) is 12.1 Å². The van der Waals surface area contributed by atoms with Gasteiger partial charge in [-0.05, 0) is 17.7 Å².